The summed E-state index contributed by atoms with van der Waals surface area (Å²) in [5.74, 6) is -0.797. The fourth-order valence-electron chi connectivity index (χ4n) is 2.28. The van der Waals surface area contributed by atoms with Gasteiger partial charge in [0, 0.05) is 25.6 Å². The maximum Gasteiger partial charge on any atom is 0.317 e. The molecule has 0 spiro atoms. The van der Waals surface area contributed by atoms with Gasteiger partial charge in [0.05, 0.1) is 12.2 Å². The lowest BCUT2D eigenvalue weighted by atomic mass is 10.1. The van der Waals surface area contributed by atoms with Crippen LogP contribution in [0.3, 0.4) is 0 Å². The molecule has 0 radical (unpaired) electrons. The van der Waals surface area contributed by atoms with Gasteiger partial charge in [-0.15, -0.1) is 0 Å². The Morgan fingerprint density at radius 1 is 1.37 bits per heavy atom. The lowest BCUT2D eigenvalue weighted by Gasteiger charge is -2.35. The van der Waals surface area contributed by atoms with E-state index in [1.54, 1.807) is 4.90 Å². The van der Waals surface area contributed by atoms with Crippen molar-refractivity contribution in [2.24, 2.45) is 0 Å². The number of morpholine rings is 1. The van der Waals surface area contributed by atoms with E-state index >= 15 is 0 Å². The highest BCUT2D eigenvalue weighted by Gasteiger charge is 2.26. The molecule has 110 valence electrons. The Hall–Kier alpha value is -1.30. The molecule has 0 aromatic carbocycles. The van der Waals surface area contributed by atoms with E-state index in [2.05, 4.69) is 5.32 Å². The van der Waals surface area contributed by atoms with Crippen LogP contribution < -0.4 is 5.32 Å². The summed E-state index contributed by atoms with van der Waals surface area (Å²) in [6.07, 6.45) is 1.50. The average molecular weight is 272 g/mol. The number of carboxylic acids is 1. The molecule has 1 heterocycles. The average Bonchev–Trinajstić information content (AvgIpc) is 2.26. The first kappa shape index (κ1) is 15.8. The number of aliphatic carboxylic acids is 1. The van der Waals surface area contributed by atoms with Crippen molar-refractivity contribution in [1.29, 1.82) is 0 Å². The summed E-state index contributed by atoms with van der Waals surface area (Å²) in [6, 6.07) is -0.106. The highest BCUT2D eigenvalue weighted by molar-refractivity contribution is 5.74. The van der Waals surface area contributed by atoms with E-state index in [1.807, 2.05) is 20.8 Å². The molecule has 1 saturated heterocycles. The van der Waals surface area contributed by atoms with Crippen molar-refractivity contribution in [3.8, 4) is 0 Å². The molecular weight excluding hydrogens is 248 g/mol. The number of ether oxygens (including phenoxy) is 1. The summed E-state index contributed by atoms with van der Waals surface area (Å²) < 4.78 is 5.58. The first-order valence-corrected chi connectivity index (χ1v) is 6.81. The second-order valence-electron chi connectivity index (χ2n) is 5.30. The largest absolute Gasteiger partial charge is 0.481 e. The summed E-state index contributed by atoms with van der Waals surface area (Å²) in [5.41, 5.74) is 0. The van der Waals surface area contributed by atoms with Crippen LogP contribution in [0, 0.1) is 0 Å². The summed E-state index contributed by atoms with van der Waals surface area (Å²) in [5, 5.41) is 11.5. The summed E-state index contributed by atoms with van der Waals surface area (Å²) in [7, 11) is 0. The molecule has 0 bridgehead atoms. The Balaban J connectivity index is 2.31. The van der Waals surface area contributed by atoms with Gasteiger partial charge in [0.15, 0.2) is 0 Å². The smallest absolute Gasteiger partial charge is 0.317 e. The number of rotatable bonds is 5. The number of carbonyl (C=O) groups is 2. The van der Waals surface area contributed by atoms with Gasteiger partial charge in [0.2, 0.25) is 0 Å². The number of hydrogen-bond donors (Lipinski definition) is 2. The molecule has 1 unspecified atom stereocenters. The Morgan fingerprint density at radius 2 is 1.95 bits per heavy atom. The Labute approximate surface area is 114 Å². The zero-order valence-electron chi connectivity index (χ0n) is 11.9. The number of carbonyl (C=O) groups excluding carboxylic acids is 1. The molecule has 19 heavy (non-hydrogen) atoms. The number of nitrogens with zero attached hydrogens (tertiary/aromatic N) is 1. The van der Waals surface area contributed by atoms with Crippen LogP contribution in [-0.2, 0) is 9.53 Å². The van der Waals surface area contributed by atoms with Crippen LogP contribution in [-0.4, -0.2) is 53.3 Å². The molecule has 6 nitrogen and oxygen atoms in total. The van der Waals surface area contributed by atoms with E-state index in [4.69, 9.17) is 9.84 Å². The second-order valence-corrected chi connectivity index (χ2v) is 5.30. The van der Waals surface area contributed by atoms with Crippen molar-refractivity contribution in [2.45, 2.75) is 58.3 Å². The van der Waals surface area contributed by atoms with E-state index in [0.29, 0.717) is 25.9 Å². The first-order chi connectivity index (χ1) is 8.88. The highest BCUT2D eigenvalue weighted by Crippen LogP contribution is 2.11. The molecule has 1 aliphatic rings. The SMILES string of the molecule is CC(CCCC(=O)O)NC(=O)N1C[C@@H](C)O[C@@H](C)C1. The third kappa shape index (κ3) is 5.92. The van der Waals surface area contributed by atoms with Gasteiger partial charge in [0.25, 0.3) is 0 Å². The van der Waals surface area contributed by atoms with Crippen molar-refractivity contribution in [3.05, 3.63) is 0 Å². The summed E-state index contributed by atoms with van der Waals surface area (Å²) in [4.78, 5) is 24.2. The molecule has 0 aliphatic carbocycles. The number of urea groups is 1. The zero-order chi connectivity index (χ0) is 14.4. The van der Waals surface area contributed by atoms with Gasteiger partial charge < -0.3 is 20.1 Å². The molecule has 1 fully saturated rings. The van der Waals surface area contributed by atoms with Gasteiger partial charge in [0.1, 0.15) is 0 Å². The normalized spacial score (nSPS) is 24.9. The van der Waals surface area contributed by atoms with Crippen LogP contribution >= 0.6 is 0 Å². The summed E-state index contributed by atoms with van der Waals surface area (Å²) >= 11 is 0. The van der Waals surface area contributed by atoms with E-state index in [1.165, 1.54) is 0 Å². The van der Waals surface area contributed by atoms with Crippen molar-refractivity contribution < 1.29 is 19.4 Å². The molecule has 2 amide bonds. The predicted molar refractivity (Wildman–Crippen MR) is 71.1 cm³/mol. The van der Waals surface area contributed by atoms with Gasteiger partial charge in [-0.2, -0.15) is 0 Å². The second kappa shape index (κ2) is 7.33. The van der Waals surface area contributed by atoms with E-state index in [9.17, 15) is 9.59 Å². The van der Waals surface area contributed by atoms with Gasteiger partial charge in [-0.3, -0.25) is 4.79 Å². The number of carboxylic acid groups (broad SMARTS) is 1. The van der Waals surface area contributed by atoms with Crippen LogP contribution in [0.5, 0.6) is 0 Å². The molecule has 2 N–H and O–H groups in total. The monoisotopic (exact) mass is 272 g/mol. The third-order valence-electron chi connectivity index (χ3n) is 3.10. The van der Waals surface area contributed by atoms with Crippen molar-refractivity contribution in [1.82, 2.24) is 10.2 Å². The van der Waals surface area contributed by atoms with Gasteiger partial charge in [-0.05, 0) is 33.6 Å². The fourth-order valence-corrected chi connectivity index (χ4v) is 2.28. The minimum absolute atomic E-state index is 0.0136. The molecule has 0 saturated carbocycles. The van der Waals surface area contributed by atoms with Crippen molar-refractivity contribution >= 4 is 12.0 Å². The number of hydrogen-bond acceptors (Lipinski definition) is 3. The molecule has 1 rings (SSSR count). The molecule has 3 atom stereocenters. The zero-order valence-corrected chi connectivity index (χ0v) is 11.9. The topological polar surface area (TPSA) is 78.9 Å². The Morgan fingerprint density at radius 3 is 2.47 bits per heavy atom. The van der Waals surface area contributed by atoms with Crippen LogP contribution in [0.25, 0.3) is 0 Å². The first-order valence-electron chi connectivity index (χ1n) is 6.81. The molecule has 0 aromatic heterocycles. The van der Waals surface area contributed by atoms with Crippen molar-refractivity contribution in [3.63, 3.8) is 0 Å². The Kier molecular flexibility index (Phi) is 6.08. The van der Waals surface area contributed by atoms with Crippen LogP contribution in [0.15, 0.2) is 0 Å². The molecule has 1 aliphatic heterocycles. The predicted octanol–water partition coefficient (Wildman–Crippen LogP) is 1.45. The van der Waals surface area contributed by atoms with E-state index < -0.39 is 5.97 Å². The minimum atomic E-state index is -0.797. The molecule has 0 aromatic rings. The van der Waals surface area contributed by atoms with Gasteiger partial charge in [-0.25, -0.2) is 4.79 Å². The number of amides is 2. The lowest BCUT2D eigenvalue weighted by molar-refractivity contribution is -0.137. The van der Waals surface area contributed by atoms with E-state index in [-0.39, 0.29) is 30.7 Å². The highest BCUT2D eigenvalue weighted by atomic mass is 16.5. The summed E-state index contributed by atoms with van der Waals surface area (Å²) in [6.45, 7) is 6.99. The third-order valence-corrected chi connectivity index (χ3v) is 3.10. The standard InChI is InChI=1S/C13H24N2O4/c1-9(5-4-6-12(16)17)14-13(18)15-7-10(2)19-11(3)8-15/h9-11H,4-8H2,1-3H3,(H,14,18)(H,16,17)/t9?,10-,11+. The van der Waals surface area contributed by atoms with Gasteiger partial charge >= 0.3 is 12.0 Å². The molecular formula is C13H24N2O4. The van der Waals surface area contributed by atoms with Crippen LogP contribution in [0.4, 0.5) is 4.79 Å². The fraction of sp³-hybridized carbons (Fsp3) is 0.846. The minimum Gasteiger partial charge on any atom is -0.481 e. The van der Waals surface area contributed by atoms with E-state index in [0.717, 1.165) is 0 Å². The lowest BCUT2D eigenvalue weighted by Crippen LogP contribution is -2.53. The molecule has 6 heteroatoms. The quantitative estimate of drug-likeness (QED) is 0.794. The number of nitrogens with one attached hydrogen (secondary N) is 1. The van der Waals surface area contributed by atoms with Crippen LogP contribution in [0.1, 0.15) is 40.0 Å². The van der Waals surface area contributed by atoms with Crippen molar-refractivity contribution in [2.75, 3.05) is 13.1 Å². The van der Waals surface area contributed by atoms with Gasteiger partial charge in [-0.1, -0.05) is 0 Å². The van der Waals surface area contributed by atoms with Crippen LogP contribution in [0.2, 0.25) is 0 Å². The Bertz CT molecular complexity index is 312. The maximum absolute atomic E-state index is 12.0. The maximum atomic E-state index is 12.0.